The molecule has 7 nitrogen and oxygen atoms in total. The molecule has 0 saturated heterocycles. The number of nitrogens with zero attached hydrogens (tertiary/aromatic N) is 3. The van der Waals surface area contributed by atoms with E-state index in [4.69, 9.17) is 11.6 Å². The minimum atomic E-state index is -3.47. The molecule has 0 aromatic carbocycles. The number of H-pyrrole nitrogens is 1. The van der Waals surface area contributed by atoms with Crippen molar-refractivity contribution >= 4 is 38.7 Å². The highest BCUT2D eigenvalue weighted by atomic mass is 35.5. The molecule has 3 rings (SSSR count). The predicted octanol–water partition coefficient (Wildman–Crippen LogP) is 2.33. The normalized spacial score (nSPS) is 17.2. The second-order valence-electron chi connectivity index (χ2n) is 5.33. The number of hydrogen-bond donors (Lipinski definition) is 2. The van der Waals surface area contributed by atoms with Gasteiger partial charge in [-0.1, -0.05) is 30.9 Å². The molecule has 1 aliphatic rings. The zero-order valence-corrected chi connectivity index (χ0v) is 12.9. The van der Waals surface area contributed by atoms with Crippen molar-refractivity contribution in [2.45, 2.75) is 32.1 Å². The summed E-state index contributed by atoms with van der Waals surface area (Å²) in [5, 5.41) is 0.146. The van der Waals surface area contributed by atoms with Crippen LogP contribution in [0.5, 0.6) is 0 Å². The van der Waals surface area contributed by atoms with Gasteiger partial charge in [0.05, 0.1) is 12.1 Å². The Bertz CT molecular complexity index is 739. The number of fused-ring (bicyclic) bond motifs is 1. The maximum Gasteiger partial charge on any atom is 0.240 e. The number of imidazole rings is 1. The monoisotopic (exact) mass is 329 g/mol. The van der Waals surface area contributed by atoms with Gasteiger partial charge in [-0.05, 0) is 18.8 Å². The summed E-state index contributed by atoms with van der Waals surface area (Å²) < 4.78 is 26.8. The molecule has 1 saturated carbocycles. The highest BCUT2D eigenvalue weighted by Crippen LogP contribution is 2.25. The quantitative estimate of drug-likeness (QED) is 0.838. The van der Waals surface area contributed by atoms with Crippen LogP contribution in [0.2, 0.25) is 5.15 Å². The van der Waals surface area contributed by atoms with E-state index in [1.54, 1.807) is 0 Å². The van der Waals surface area contributed by atoms with Gasteiger partial charge in [0, 0.05) is 0 Å². The number of aromatic amines is 1. The molecule has 2 aromatic heterocycles. The lowest BCUT2D eigenvalue weighted by molar-refractivity contribution is 0.385. The third kappa shape index (κ3) is 3.44. The summed E-state index contributed by atoms with van der Waals surface area (Å²) in [7, 11) is -3.47. The Morgan fingerprint density at radius 2 is 2.05 bits per heavy atom. The van der Waals surface area contributed by atoms with Gasteiger partial charge in [0.1, 0.15) is 5.52 Å². The van der Waals surface area contributed by atoms with Gasteiger partial charge in [0.25, 0.3) is 0 Å². The van der Waals surface area contributed by atoms with Gasteiger partial charge in [-0.3, -0.25) is 4.72 Å². The molecule has 1 aliphatic carbocycles. The molecule has 0 bridgehead atoms. The lowest BCUT2D eigenvalue weighted by Gasteiger charge is -2.21. The fourth-order valence-corrected chi connectivity index (χ4v) is 4.31. The molecular weight excluding hydrogens is 314 g/mol. The molecule has 2 N–H and O–H groups in total. The second kappa shape index (κ2) is 5.76. The van der Waals surface area contributed by atoms with Gasteiger partial charge < -0.3 is 4.98 Å². The van der Waals surface area contributed by atoms with Gasteiger partial charge >= 0.3 is 0 Å². The molecule has 2 heterocycles. The standard InChI is InChI=1S/C12H16ClN5O2S/c13-10-9-11(15-7-14-9)17-12(16-10)18-21(19,20)6-8-4-2-1-3-5-8/h7-8H,1-6H2,(H2,14,15,16,17,18). The van der Waals surface area contributed by atoms with Crippen LogP contribution in [0.4, 0.5) is 5.95 Å². The third-order valence-corrected chi connectivity index (χ3v) is 5.35. The van der Waals surface area contributed by atoms with Crippen LogP contribution >= 0.6 is 11.6 Å². The minimum Gasteiger partial charge on any atom is -0.341 e. The van der Waals surface area contributed by atoms with Gasteiger partial charge in [-0.2, -0.15) is 9.97 Å². The van der Waals surface area contributed by atoms with Gasteiger partial charge in [-0.25, -0.2) is 13.4 Å². The van der Waals surface area contributed by atoms with Crippen LogP contribution in [0.3, 0.4) is 0 Å². The average Bonchev–Trinajstić information content (AvgIpc) is 2.87. The molecule has 0 spiro atoms. The summed E-state index contributed by atoms with van der Waals surface area (Å²) in [6.07, 6.45) is 6.75. The lowest BCUT2D eigenvalue weighted by atomic mass is 9.91. The average molecular weight is 330 g/mol. The Labute approximate surface area is 127 Å². The van der Waals surface area contributed by atoms with Crippen LogP contribution in [-0.4, -0.2) is 34.1 Å². The fourth-order valence-electron chi connectivity index (χ4n) is 2.69. The first kappa shape index (κ1) is 14.5. The van der Waals surface area contributed by atoms with Crippen molar-refractivity contribution < 1.29 is 8.42 Å². The smallest absolute Gasteiger partial charge is 0.240 e. The first-order valence-corrected chi connectivity index (χ1v) is 8.93. The lowest BCUT2D eigenvalue weighted by Crippen LogP contribution is -2.25. The Morgan fingerprint density at radius 1 is 1.29 bits per heavy atom. The summed E-state index contributed by atoms with van der Waals surface area (Å²) in [6, 6.07) is 0. The van der Waals surface area contributed by atoms with Crippen molar-refractivity contribution in [3.63, 3.8) is 0 Å². The molecule has 21 heavy (non-hydrogen) atoms. The SMILES string of the molecule is O=S(=O)(CC1CCCCC1)Nc1nc(Cl)c2[nH]cnc2n1. The molecule has 0 unspecified atom stereocenters. The van der Waals surface area contributed by atoms with E-state index in [0.717, 1.165) is 25.7 Å². The highest BCUT2D eigenvalue weighted by molar-refractivity contribution is 7.92. The number of nitrogens with one attached hydrogen (secondary N) is 2. The molecule has 9 heteroatoms. The van der Waals surface area contributed by atoms with Crippen LogP contribution < -0.4 is 4.72 Å². The molecule has 2 aromatic rings. The Morgan fingerprint density at radius 3 is 2.81 bits per heavy atom. The molecular formula is C12H16ClN5O2S. The van der Waals surface area contributed by atoms with E-state index in [0.29, 0.717) is 11.2 Å². The first-order chi connectivity index (χ1) is 10.0. The number of aromatic nitrogens is 4. The van der Waals surface area contributed by atoms with Crippen LogP contribution in [0.25, 0.3) is 11.2 Å². The summed E-state index contributed by atoms with van der Waals surface area (Å²) >= 11 is 5.97. The number of hydrogen-bond acceptors (Lipinski definition) is 5. The summed E-state index contributed by atoms with van der Waals surface area (Å²) in [5.41, 5.74) is 0.831. The zero-order chi connectivity index (χ0) is 14.9. The van der Waals surface area contributed by atoms with E-state index in [1.807, 2.05) is 0 Å². The Kier molecular flexibility index (Phi) is 3.99. The first-order valence-electron chi connectivity index (χ1n) is 6.90. The number of rotatable bonds is 4. The number of sulfonamides is 1. The predicted molar refractivity (Wildman–Crippen MR) is 80.7 cm³/mol. The van der Waals surface area contributed by atoms with Crippen molar-refractivity contribution in [2.75, 3.05) is 10.5 Å². The van der Waals surface area contributed by atoms with Crippen molar-refractivity contribution in [1.29, 1.82) is 0 Å². The van der Waals surface area contributed by atoms with Crippen molar-refractivity contribution in [1.82, 2.24) is 19.9 Å². The maximum absolute atomic E-state index is 12.2. The summed E-state index contributed by atoms with van der Waals surface area (Å²) in [6.45, 7) is 0. The van der Waals surface area contributed by atoms with Gasteiger partial charge in [0.15, 0.2) is 10.8 Å². The topological polar surface area (TPSA) is 101 Å². The van der Waals surface area contributed by atoms with E-state index in [2.05, 4.69) is 24.7 Å². The molecule has 0 aliphatic heterocycles. The third-order valence-electron chi connectivity index (χ3n) is 3.67. The van der Waals surface area contributed by atoms with Crippen LogP contribution in [0.1, 0.15) is 32.1 Å². The summed E-state index contributed by atoms with van der Waals surface area (Å²) in [5.74, 6) is 0.281. The van der Waals surface area contributed by atoms with E-state index in [-0.39, 0.29) is 22.8 Å². The van der Waals surface area contributed by atoms with Gasteiger partial charge in [-0.15, -0.1) is 0 Å². The molecule has 0 radical (unpaired) electrons. The van der Waals surface area contributed by atoms with E-state index >= 15 is 0 Å². The minimum absolute atomic E-state index is 0.0320. The number of anilines is 1. The largest absolute Gasteiger partial charge is 0.341 e. The van der Waals surface area contributed by atoms with Crippen molar-refractivity contribution in [3.8, 4) is 0 Å². The van der Waals surface area contributed by atoms with E-state index in [9.17, 15) is 8.42 Å². The van der Waals surface area contributed by atoms with E-state index in [1.165, 1.54) is 12.7 Å². The Hall–Kier alpha value is -1.41. The van der Waals surface area contributed by atoms with Crippen LogP contribution in [0.15, 0.2) is 6.33 Å². The van der Waals surface area contributed by atoms with Gasteiger partial charge in [0.2, 0.25) is 16.0 Å². The van der Waals surface area contributed by atoms with Crippen molar-refractivity contribution in [3.05, 3.63) is 11.5 Å². The molecule has 114 valence electrons. The fraction of sp³-hybridized carbons (Fsp3) is 0.583. The number of halogens is 1. The van der Waals surface area contributed by atoms with Crippen LogP contribution in [-0.2, 0) is 10.0 Å². The molecule has 1 fully saturated rings. The maximum atomic E-state index is 12.2. The molecule has 0 atom stereocenters. The van der Waals surface area contributed by atoms with Crippen molar-refractivity contribution in [2.24, 2.45) is 5.92 Å². The second-order valence-corrected chi connectivity index (χ2v) is 7.45. The zero-order valence-electron chi connectivity index (χ0n) is 11.3. The molecule has 0 amide bonds. The van der Waals surface area contributed by atoms with Crippen LogP contribution in [0, 0.1) is 5.92 Å². The van der Waals surface area contributed by atoms with E-state index < -0.39 is 10.0 Å². The Balaban J connectivity index is 1.76. The summed E-state index contributed by atoms with van der Waals surface area (Å²) in [4.78, 5) is 14.7. The highest BCUT2D eigenvalue weighted by Gasteiger charge is 2.22.